The van der Waals surface area contributed by atoms with Crippen LogP contribution in [-0.4, -0.2) is 57.7 Å². The number of hydrogen-bond acceptors (Lipinski definition) is 3. The monoisotopic (exact) mass is 384 g/mol. The van der Waals surface area contributed by atoms with E-state index < -0.39 is 0 Å². The first-order valence-electron chi connectivity index (χ1n) is 10.0. The second-order valence-corrected chi connectivity index (χ2v) is 8.45. The molecule has 0 saturated carbocycles. The first-order valence-corrected chi connectivity index (χ1v) is 10.4. The summed E-state index contributed by atoms with van der Waals surface area (Å²) in [5.74, 6) is 0.124. The standard InChI is InChI=1S/C21H25ClN4O/c1-14-5-6-16(13-18(14)22)26-19-4-2-3-17(19)20(23-26)21(27)25-12-11-24-9-7-15(25)8-10-24/h5-6,13,15H,2-4,7-12H2,1H3. The van der Waals surface area contributed by atoms with Crippen LogP contribution in [0.1, 0.15) is 46.6 Å². The van der Waals surface area contributed by atoms with Crippen LogP contribution in [0.25, 0.3) is 5.69 Å². The number of aryl methyl sites for hydroxylation is 1. The molecule has 1 aliphatic carbocycles. The first-order chi connectivity index (χ1) is 13.1. The molecule has 2 bridgehead atoms. The number of nitrogens with zero attached hydrogens (tertiary/aromatic N) is 4. The van der Waals surface area contributed by atoms with Gasteiger partial charge in [0, 0.05) is 48.5 Å². The van der Waals surface area contributed by atoms with E-state index in [1.54, 1.807) is 0 Å². The Morgan fingerprint density at radius 3 is 2.74 bits per heavy atom. The van der Waals surface area contributed by atoms with E-state index in [-0.39, 0.29) is 5.91 Å². The van der Waals surface area contributed by atoms with Crippen LogP contribution in [0.5, 0.6) is 0 Å². The van der Waals surface area contributed by atoms with Gasteiger partial charge in [-0.25, -0.2) is 4.68 Å². The topological polar surface area (TPSA) is 41.4 Å². The van der Waals surface area contributed by atoms with Crippen LogP contribution >= 0.6 is 11.6 Å². The lowest BCUT2D eigenvalue weighted by Crippen LogP contribution is -2.42. The highest BCUT2D eigenvalue weighted by Gasteiger charge is 2.36. The fourth-order valence-electron chi connectivity index (χ4n) is 4.83. The minimum Gasteiger partial charge on any atom is -0.333 e. The van der Waals surface area contributed by atoms with E-state index in [0.29, 0.717) is 11.7 Å². The zero-order valence-corrected chi connectivity index (χ0v) is 16.5. The molecule has 0 spiro atoms. The molecule has 2 aromatic rings. The van der Waals surface area contributed by atoms with E-state index in [1.165, 1.54) is 5.69 Å². The molecular formula is C21H25ClN4O. The fraction of sp³-hybridized carbons (Fsp3) is 0.524. The highest BCUT2D eigenvalue weighted by molar-refractivity contribution is 6.31. The van der Waals surface area contributed by atoms with Crippen molar-refractivity contribution in [3.05, 3.63) is 45.7 Å². The van der Waals surface area contributed by atoms with E-state index in [1.807, 2.05) is 29.8 Å². The number of carbonyl (C=O) groups is 1. The summed E-state index contributed by atoms with van der Waals surface area (Å²) in [6.07, 6.45) is 5.17. The molecule has 0 N–H and O–H groups in total. The van der Waals surface area contributed by atoms with Gasteiger partial charge >= 0.3 is 0 Å². The number of amides is 1. The first kappa shape index (κ1) is 17.3. The molecule has 3 saturated heterocycles. The molecule has 0 unspecified atom stereocenters. The Kier molecular flexibility index (Phi) is 4.25. The van der Waals surface area contributed by atoms with Crippen LogP contribution in [0.2, 0.25) is 5.02 Å². The number of aromatic nitrogens is 2. The Morgan fingerprint density at radius 2 is 1.96 bits per heavy atom. The third-order valence-corrected chi connectivity index (χ3v) is 6.86. The summed E-state index contributed by atoms with van der Waals surface area (Å²) in [4.78, 5) is 18.0. The largest absolute Gasteiger partial charge is 0.333 e. The molecule has 6 rings (SSSR count). The van der Waals surface area contributed by atoms with Gasteiger partial charge in [-0.05, 0) is 56.7 Å². The lowest BCUT2D eigenvalue weighted by atomic mass is 10.0. The Balaban J connectivity index is 1.53. The van der Waals surface area contributed by atoms with Gasteiger partial charge < -0.3 is 9.80 Å². The summed E-state index contributed by atoms with van der Waals surface area (Å²) in [7, 11) is 0. The SMILES string of the molecule is Cc1ccc(-n2nc(C(=O)N3CCN4CCC3CC4)c3c2CCC3)cc1Cl. The minimum absolute atomic E-state index is 0.124. The lowest BCUT2D eigenvalue weighted by molar-refractivity contribution is 0.0677. The Hall–Kier alpha value is -1.85. The van der Waals surface area contributed by atoms with E-state index in [0.717, 1.165) is 80.1 Å². The zero-order chi connectivity index (χ0) is 18.5. The molecule has 0 radical (unpaired) electrons. The molecule has 1 amide bonds. The quantitative estimate of drug-likeness (QED) is 0.798. The van der Waals surface area contributed by atoms with Gasteiger partial charge in [-0.1, -0.05) is 17.7 Å². The summed E-state index contributed by atoms with van der Waals surface area (Å²) in [5, 5.41) is 5.55. The molecule has 0 atom stereocenters. The number of benzene rings is 1. The van der Waals surface area contributed by atoms with Gasteiger partial charge in [-0.3, -0.25) is 4.79 Å². The Morgan fingerprint density at radius 1 is 1.15 bits per heavy atom. The summed E-state index contributed by atoms with van der Waals surface area (Å²) >= 11 is 6.35. The van der Waals surface area contributed by atoms with Crippen LogP contribution < -0.4 is 0 Å². The number of carbonyl (C=O) groups excluding carboxylic acids is 1. The van der Waals surface area contributed by atoms with Crippen molar-refractivity contribution in [1.29, 1.82) is 0 Å². The zero-order valence-electron chi connectivity index (χ0n) is 15.7. The van der Waals surface area contributed by atoms with Gasteiger partial charge in [0.25, 0.3) is 5.91 Å². The maximum absolute atomic E-state index is 13.5. The maximum atomic E-state index is 13.5. The highest BCUT2D eigenvalue weighted by Crippen LogP contribution is 2.31. The molecule has 4 aliphatic rings. The number of hydrogen-bond donors (Lipinski definition) is 0. The molecule has 3 aliphatic heterocycles. The molecular weight excluding hydrogens is 360 g/mol. The number of fused-ring (bicyclic) bond motifs is 5. The van der Waals surface area contributed by atoms with Gasteiger partial charge in [-0.15, -0.1) is 0 Å². The molecule has 5 nitrogen and oxygen atoms in total. The summed E-state index contributed by atoms with van der Waals surface area (Å²) < 4.78 is 1.96. The van der Waals surface area contributed by atoms with Gasteiger partial charge in [0.2, 0.25) is 0 Å². The predicted molar refractivity (Wildman–Crippen MR) is 106 cm³/mol. The van der Waals surface area contributed by atoms with E-state index in [2.05, 4.69) is 9.80 Å². The second kappa shape index (κ2) is 6.64. The van der Waals surface area contributed by atoms with E-state index in [9.17, 15) is 4.79 Å². The maximum Gasteiger partial charge on any atom is 0.274 e. The van der Waals surface area contributed by atoms with E-state index >= 15 is 0 Å². The summed E-state index contributed by atoms with van der Waals surface area (Å²) in [6.45, 7) is 6.03. The number of rotatable bonds is 2. The van der Waals surface area contributed by atoms with E-state index in [4.69, 9.17) is 16.7 Å². The Bertz CT molecular complexity index is 898. The third-order valence-electron chi connectivity index (χ3n) is 6.45. The average molecular weight is 385 g/mol. The number of piperidine rings is 1. The van der Waals surface area contributed by atoms with Crippen molar-refractivity contribution < 1.29 is 4.79 Å². The van der Waals surface area contributed by atoms with Crippen molar-refractivity contribution in [1.82, 2.24) is 19.6 Å². The molecule has 142 valence electrons. The third kappa shape index (κ3) is 2.88. The van der Waals surface area contributed by atoms with Crippen LogP contribution in [0.3, 0.4) is 0 Å². The average Bonchev–Trinajstić information content (AvgIpc) is 3.15. The van der Waals surface area contributed by atoms with Crippen molar-refractivity contribution in [2.45, 2.75) is 45.1 Å². The van der Waals surface area contributed by atoms with Crippen molar-refractivity contribution >= 4 is 17.5 Å². The summed E-state index contributed by atoms with van der Waals surface area (Å²) in [6, 6.07) is 6.39. The molecule has 4 heterocycles. The van der Waals surface area contributed by atoms with Crippen molar-refractivity contribution in [3.8, 4) is 5.69 Å². The Labute approximate surface area is 164 Å². The molecule has 3 fully saturated rings. The normalized spacial score (nSPS) is 24.1. The molecule has 6 heteroatoms. The molecule has 1 aromatic heterocycles. The van der Waals surface area contributed by atoms with Gasteiger partial charge in [0.05, 0.1) is 5.69 Å². The molecule has 27 heavy (non-hydrogen) atoms. The highest BCUT2D eigenvalue weighted by atomic mass is 35.5. The van der Waals surface area contributed by atoms with Gasteiger partial charge in [-0.2, -0.15) is 5.10 Å². The molecule has 1 aromatic carbocycles. The fourth-order valence-corrected chi connectivity index (χ4v) is 5.00. The van der Waals surface area contributed by atoms with Crippen molar-refractivity contribution in [3.63, 3.8) is 0 Å². The predicted octanol–water partition coefficient (Wildman–Crippen LogP) is 3.24. The van der Waals surface area contributed by atoms with Crippen LogP contribution in [0.4, 0.5) is 0 Å². The van der Waals surface area contributed by atoms with Crippen molar-refractivity contribution in [2.24, 2.45) is 0 Å². The number of halogens is 1. The van der Waals surface area contributed by atoms with Crippen molar-refractivity contribution in [2.75, 3.05) is 26.2 Å². The van der Waals surface area contributed by atoms with Crippen LogP contribution in [0, 0.1) is 6.92 Å². The second-order valence-electron chi connectivity index (χ2n) is 8.04. The van der Waals surface area contributed by atoms with Crippen LogP contribution in [-0.2, 0) is 12.8 Å². The van der Waals surface area contributed by atoms with Gasteiger partial charge in [0.1, 0.15) is 0 Å². The minimum atomic E-state index is 0.124. The lowest BCUT2D eigenvalue weighted by Gasteiger charge is -2.31. The van der Waals surface area contributed by atoms with Crippen LogP contribution in [0.15, 0.2) is 18.2 Å². The van der Waals surface area contributed by atoms with Gasteiger partial charge in [0.15, 0.2) is 5.69 Å². The smallest absolute Gasteiger partial charge is 0.274 e. The summed E-state index contributed by atoms with van der Waals surface area (Å²) in [5.41, 5.74) is 5.00.